The van der Waals surface area contributed by atoms with Gasteiger partial charge in [0.15, 0.2) is 5.69 Å². The highest BCUT2D eigenvalue weighted by molar-refractivity contribution is 6.35. The molecular formula is C7H5ClF2N2O2. The molecule has 0 atom stereocenters. The van der Waals surface area contributed by atoms with Crippen molar-refractivity contribution in [1.82, 2.24) is 9.97 Å². The zero-order valence-electron chi connectivity index (χ0n) is 7.00. The first kappa shape index (κ1) is 10.8. The highest BCUT2D eigenvalue weighted by atomic mass is 35.5. The van der Waals surface area contributed by atoms with Crippen LogP contribution in [0.1, 0.15) is 10.5 Å². The molecule has 76 valence electrons. The zero-order valence-corrected chi connectivity index (χ0v) is 7.76. The van der Waals surface area contributed by atoms with Gasteiger partial charge in [0.05, 0.1) is 7.11 Å². The summed E-state index contributed by atoms with van der Waals surface area (Å²) >= 11 is 4.54. The summed E-state index contributed by atoms with van der Waals surface area (Å²) in [5.74, 6) is -1.91. The number of carbonyl (C=O) groups is 1. The fourth-order valence-electron chi connectivity index (χ4n) is 0.765. The van der Waals surface area contributed by atoms with Gasteiger partial charge in [0, 0.05) is 12.4 Å². The lowest BCUT2D eigenvalue weighted by Gasteiger charge is -2.07. The predicted molar refractivity (Wildman–Crippen MR) is 43.7 cm³/mol. The molecule has 1 heterocycles. The summed E-state index contributed by atoms with van der Waals surface area (Å²) in [7, 11) is 1.19. The lowest BCUT2D eigenvalue weighted by molar-refractivity contribution is 0.0526. The average molecular weight is 223 g/mol. The highest BCUT2D eigenvalue weighted by Crippen LogP contribution is 2.26. The third kappa shape index (κ3) is 2.14. The summed E-state index contributed by atoms with van der Waals surface area (Å²) < 4.78 is 29.4. The Morgan fingerprint density at radius 2 is 2.07 bits per heavy atom. The monoisotopic (exact) mass is 222 g/mol. The van der Waals surface area contributed by atoms with Crippen molar-refractivity contribution in [2.75, 3.05) is 7.11 Å². The number of halogens is 3. The molecular weight excluding hydrogens is 218 g/mol. The van der Waals surface area contributed by atoms with Crippen LogP contribution in [-0.2, 0) is 0 Å². The van der Waals surface area contributed by atoms with Crippen LogP contribution in [0.25, 0.3) is 0 Å². The van der Waals surface area contributed by atoms with Crippen LogP contribution in [0, 0.1) is 0 Å². The maximum Gasteiger partial charge on any atom is 0.386 e. The Kier molecular flexibility index (Phi) is 2.95. The van der Waals surface area contributed by atoms with Gasteiger partial charge < -0.3 is 4.74 Å². The topological polar surface area (TPSA) is 52.1 Å². The molecule has 0 amide bonds. The molecule has 0 N–H and O–H groups in total. The number of hydrogen-bond acceptors (Lipinski definition) is 4. The van der Waals surface area contributed by atoms with Gasteiger partial charge in [-0.1, -0.05) is 0 Å². The molecule has 4 nitrogen and oxygen atoms in total. The van der Waals surface area contributed by atoms with Crippen molar-refractivity contribution in [3.63, 3.8) is 0 Å². The number of ether oxygens (including phenoxy) is 1. The van der Waals surface area contributed by atoms with Crippen molar-refractivity contribution in [3.8, 4) is 5.88 Å². The molecule has 1 aromatic heterocycles. The Bertz CT molecular complexity index is 354. The number of ketones is 1. The first-order valence-corrected chi connectivity index (χ1v) is 3.81. The molecule has 7 heteroatoms. The Hall–Kier alpha value is -1.30. The zero-order chi connectivity index (χ0) is 10.8. The summed E-state index contributed by atoms with van der Waals surface area (Å²) in [4.78, 5) is 17.9. The normalized spacial score (nSPS) is 11.1. The fourth-order valence-corrected chi connectivity index (χ4v) is 0.854. The number of Topliss-reactive ketones (excluding diaryl/α,β-unsaturated/α-hetero) is 1. The Labute approximate surface area is 82.9 Å². The molecule has 0 saturated heterocycles. The van der Waals surface area contributed by atoms with Crippen molar-refractivity contribution in [3.05, 3.63) is 18.1 Å². The number of methoxy groups -OCH3 is 1. The molecule has 0 aromatic carbocycles. The van der Waals surface area contributed by atoms with Crippen molar-refractivity contribution < 1.29 is 18.3 Å². The molecule has 0 saturated carbocycles. The number of alkyl halides is 3. The smallest absolute Gasteiger partial charge is 0.386 e. The Morgan fingerprint density at radius 1 is 1.50 bits per heavy atom. The third-order valence-corrected chi connectivity index (χ3v) is 1.50. The van der Waals surface area contributed by atoms with Gasteiger partial charge in [0.25, 0.3) is 5.78 Å². The second-order valence-electron chi connectivity index (χ2n) is 2.24. The number of carbonyl (C=O) groups excluding carboxylic acids is 1. The van der Waals surface area contributed by atoms with Crippen LogP contribution in [0.4, 0.5) is 8.78 Å². The molecule has 14 heavy (non-hydrogen) atoms. The van der Waals surface area contributed by atoms with E-state index in [1.807, 2.05) is 0 Å². The first-order chi connectivity index (χ1) is 6.46. The van der Waals surface area contributed by atoms with Crippen LogP contribution in [0.5, 0.6) is 5.88 Å². The van der Waals surface area contributed by atoms with E-state index in [0.717, 1.165) is 6.20 Å². The first-order valence-electron chi connectivity index (χ1n) is 3.43. The van der Waals surface area contributed by atoms with Gasteiger partial charge in [-0.25, -0.2) is 9.97 Å². The van der Waals surface area contributed by atoms with Crippen molar-refractivity contribution in [1.29, 1.82) is 0 Å². The minimum atomic E-state index is -4.00. The number of hydrogen-bond donors (Lipinski definition) is 0. The third-order valence-electron chi connectivity index (χ3n) is 1.33. The van der Waals surface area contributed by atoms with E-state index in [2.05, 4.69) is 26.3 Å². The van der Waals surface area contributed by atoms with Gasteiger partial charge in [-0.05, 0) is 11.6 Å². The minimum absolute atomic E-state index is 0.280. The molecule has 0 aliphatic heterocycles. The summed E-state index contributed by atoms with van der Waals surface area (Å²) in [6.07, 6.45) is 2.31. The summed E-state index contributed by atoms with van der Waals surface area (Å²) in [6, 6.07) is 0. The van der Waals surface area contributed by atoms with Crippen LogP contribution in [0.2, 0.25) is 0 Å². The molecule has 0 fully saturated rings. The van der Waals surface area contributed by atoms with E-state index in [0.29, 0.717) is 0 Å². The number of rotatable bonds is 3. The highest BCUT2D eigenvalue weighted by Gasteiger charge is 2.39. The lowest BCUT2D eigenvalue weighted by atomic mass is 10.3. The van der Waals surface area contributed by atoms with E-state index in [-0.39, 0.29) is 5.88 Å². The van der Waals surface area contributed by atoms with Crippen LogP contribution in [0.3, 0.4) is 0 Å². The standard InChI is InChI=1S/C7H5ClF2N2O2/c1-14-6-4(11-2-3-12-6)5(13)7(8,9)10/h2-3H,1H3. The van der Waals surface area contributed by atoms with E-state index in [4.69, 9.17) is 0 Å². The van der Waals surface area contributed by atoms with Crippen molar-refractivity contribution >= 4 is 17.4 Å². The van der Waals surface area contributed by atoms with Gasteiger partial charge in [-0.15, -0.1) is 0 Å². The molecule has 0 aliphatic rings. The molecule has 1 aromatic rings. The second-order valence-corrected chi connectivity index (χ2v) is 2.72. The maximum absolute atomic E-state index is 12.4. The van der Waals surface area contributed by atoms with E-state index < -0.39 is 16.9 Å². The molecule has 0 bridgehead atoms. The molecule has 0 aliphatic carbocycles. The van der Waals surface area contributed by atoms with Gasteiger partial charge in [0.1, 0.15) is 0 Å². The minimum Gasteiger partial charge on any atom is -0.479 e. The summed E-state index contributed by atoms with van der Waals surface area (Å²) in [5.41, 5.74) is -0.588. The van der Waals surface area contributed by atoms with Crippen molar-refractivity contribution in [2.45, 2.75) is 5.38 Å². The largest absolute Gasteiger partial charge is 0.479 e. The molecule has 0 radical (unpaired) electrons. The Balaban J connectivity index is 3.13. The van der Waals surface area contributed by atoms with Gasteiger partial charge in [-0.3, -0.25) is 4.79 Å². The lowest BCUT2D eigenvalue weighted by Crippen LogP contribution is -2.23. The molecule has 0 unspecified atom stereocenters. The summed E-state index contributed by atoms with van der Waals surface area (Å²) in [5, 5.41) is -4.00. The van der Waals surface area contributed by atoms with Crippen LogP contribution < -0.4 is 4.74 Å². The van der Waals surface area contributed by atoms with E-state index >= 15 is 0 Å². The SMILES string of the molecule is COc1nccnc1C(=O)C(F)(F)Cl. The van der Waals surface area contributed by atoms with Gasteiger partial charge in [0.2, 0.25) is 5.88 Å². The van der Waals surface area contributed by atoms with E-state index in [1.165, 1.54) is 13.3 Å². The van der Waals surface area contributed by atoms with Gasteiger partial charge in [-0.2, -0.15) is 8.78 Å². The predicted octanol–water partition coefficient (Wildman–Crippen LogP) is 1.50. The van der Waals surface area contributed by atoms with Gasteiger partial charge >= 0.3 is 5.38 Å². The van der Waals surface area contributed by atoms with E-state index in [1.54, 1.807) is 0 Å². The van der Waals surface area contributed by atoms with Crippen molar-refractivity contribution in [2.24, 2.45) is 0 Å². The molecule has 1 rings (SSSR count). The second kappa shape index (κ2) is 3.83. The Morgan fingerprint density at radius 3 is 2.57 bits per heavy atom. The number of nitrogens with zero attached hydrogens (tertiary/aromatic N) is 2. The number of aromatic nitrogens is 2. The summed E-state index contributed by atoms with van der Waals surface area (Å²) in [6.45, 7) is 0. The average Bonchev–Trinajstić information content (AvgIpc) is 2.15. The molecule has 0 spiro atoms. The van der Waals surface area contributed by atoms with Crippen LogP contribution in [0.15, 0.2) is 12.4 Å². The maximum atomic E-state index is 12.4. The fraction of sp³-hybridized carbons (Fsp3) is 0.286. The van der Waals surface area contributed by atoms with Crippen LogP contribution in [-0.4, -0.2) is 28.2 Å². The van der Waals surface area contributed by atoms with E-state index in [9.17, 15) is 13.6 Å². The van der Waals surface area contributed by atoms with Crippen LogP contribution >= 0.6 is 11.6 Å². The quantitative estimate of drug-likeness (QED) is 0.575.